The third-order valence-electron chi connectivity index (χ3n) is 3.34. The molecule has 7 heteroatoms. The highest BCUT2D eigenvalue weighted by Crippen LogP contribution is 2.29. The summed E-state index contributed by atoms with van der Waals surface area (Å²) in [7, 11) is 2.96. The number of rotatable bonds is 8. The molecule has 0 aliphatic rings. The number of alkyl halides is 2. The van der Waals surface area contributed by atoms with E-state index in [1.807, 2.05) is 25.1 Å². The maximum absolute atomic E-state index is 12.3. The summed E-state index contributed by atoms with van der Waals surface area (Å²) in [5, 5.41) is 3.88. The van der Waals surface area contributed by atoms with Crippen molar-refractivity contribution in [2.24, 2.45) is 5.16 Å². The number of oxime groups is 1. The highest BCUT2D eigenvalue weighted by molar-refractivity contribution is 5.80. The monoisotopic (exact) mass is 351 g/mol. The summed E-state index contributed by atoms with van der Waals surface area (Å²) < 4.78 is 39.3. The smallest absolute Gasteiger partial charge is 0.387 e. The van der Waals surface area contributed by atoms with Crippen LogP contribution < -0.4 is 14.2 Å². The van der Waals surface area contributed by atoms with Gasteiger partial charge >= 0.3 is 6.61 Å². The molecule has 2 rings (SSSR count). The molecule has 0 unspecified atom stereocenters. The van der Waals surface area contributed by atoms with Gasteiger partial charge in [-0.15, -0.1) is 0 Å². The maximum Gasteiger partial charge on any atom is 0.387 e. The van der Waals surface area contributed by atoms with E-state index in [2.05, 4.69) is 9.89 Å². The second kappa shape index (κ2) is 8.86. The number of methoxy groups -OCH3 is 2. The molecule has 0 aromatic heterocycles. The summed E-state index contributed by atoms with van der Waals surface area (Å²) in [4.78, 5) is 5.29. The van der Waals surface area contributed by atoms with E-state index in [0.717, 1.165) is 16.9 Å². The first-order chi connectivity index (χ1) is 12.0. The molecule has 5 nitrogen and oxygen atoms in total. The van der Waals surface area contributed by atoms with Crippen LogP contribution in [0.2, 0.25) is 0 Å². The number of ether oxygens (including phenoxy) is 3. The van der Waals surface area contributed by atoms with Crippen LogP contribution in [0, 0.1) is 6.92 Å². The number of halogens is 2. The molecule has 0 aliphatic heterocycles. The number of aryl methyl sites for hydroxylation is 1. The second-order valence-electron chi connectivity index (χ2n) is 5.11. The van der Waals surface area contributed by atoms with Crippen molar-refractivity contribution in [2.75, 3.05) is 14.2 Å². The summed E-state index contributed by atoms with van der Waals surface area (Å²) in [6, 6.07) is 10.2. The van der Waals surface area contributed by atoms with Crippen LogP contribution in [0.15, 0.2) is 41.6 Å². The maximum atomic E-state index is 12.3. The number of benzene rings is 2. The Labute approximate surface area is 144 Å². The van der Waals surface area contributed by atoms with Crippen molar-refractivity contribution in [3.8, 4) is 17.2 Å². The Morgan fingerprint density at radius 3 is 2.40 bits per heavy atom. The van der Waals surface area contributed by atoms with Gasteiger partial charge in [-0.3, -0.25) is 0 Å². The van der Waals surface area contributed by atoms with Crippen LogP contribution in [0.25, 0.3) is 0 Å². The van der Waals surface area contributed by atoms with Gasteiger partial charge in [-0.25, -0.2) is 0 Å². The van der Waals surface area contributed by atoms with Crippen LogP contribution in [0.5, 0.6) is 17.2 Å². The zero-order valence-electron chi connectivity index (χ0n) is 14.2. The summed E-state index contributed by atoms with van der Waals surface area (Å²) >= 11 is 0. The van der Waals surface area contributed by atoms with Crippen molar-refractivity contribution in [1.82, 2.24) is 0 Å². The zero-order valence-corrected chi connectivity index (χ0v) is 14.2. The van der Waals surface area contributed by atoms with Crippen LogP contribution in [-0.4, -0.2) is 27.0 Å². The average molecular weight is 351 g/mol. The lowest BCUT2D eigenvalue weighted by atomic mass is 10.1. The lowest BCUT2D eigenvalue weighted by Crippen LogP contribution is -2.03. The third kappa shape index (κ3) is 5.34. The quantitative estimate of drug-likeness (QED) is 0.529. The van der Waals surface area contributed by atoms with E-state index in [0.29, 0.717) is 5.56 Å². The van der Waals surface area contributed by atoms with E-state index in [9.17, 15) is 8.78 Å². The Hall–Kier alpha value is -2.83. The average Bonchev–Trinajstić information content (AvgIpc) is 2.59. The molecule has 0 N–H and O–H groups in total. The van der Waals surface area contributed by atoms with Gasteiger partial charge in [0, 0.05) is 11.1 Å². The normalized spacial score (nSPS) is 11.0. The van der Waals surface area contributed by atoms with Gasteiger partial charge in [0.1, 0.15) is 12.4 Å². The molecule has 0 bridgehead atoms. The Morgan fingerprint density at radius 2 is 1.72 bits per heavy atom. The minimum Gasteiger partial charge on any atom is -0.496 e. The fourth-order valence-electron chi connectivity index (χ4n) is 2.18. The first-order valence-corrected chi connectivity index (χ1v) is 7.45. The van der Waals surface area contributed by atoms with Gasteiger partial charge in [0.2, 0.25) is 0 Å². The van der Waals surface area contributed by atoms with Crippen LogP contribution in [0.1, 0.15) is 16.7 Å². The molecule has 0 saturated heterocycles. The lowest BCUT2D eigenvalue weighted by molar-refractivity contribution is -0.0512. The third-order valence-corrected chi connectivity index (χ3v) is 3.34. The first-order valence-electron chi connectivity index (χ1n) is 7.45. The molecule has 0 radical (unpaired) electrons. The van der Waals surface area contributed by atoms with Gasteiger partial charge in [0.05, 0.1) is 20.4 Å². The molecule has 0 spiro atoms. The standard InChI is InChI=1S/C18H19F2NO4/c1-12-4-6-15(22-2)14(8-12)11-24-21-10-13-5-7-16(25-18(19)20)17(9-13)23-3/h4-10,18H,11H2,1-3H3/b21-10+. The molecule has 0 amide bonds. The van der Waals surface area contributed by atoms with Crippen LogP contribution in [0.4, 0.5) is 8.78 Å². The van der Waals surface area contributed by atoms with Crippen molar-refractivity contribution in [1.29, 1.82) is 0 Å². The second-order valence-corrected chi connectivity index (χ2v) is 5.11. The molecule has 0 fully saturated rings. The molecule has 2 aromatic carbocycles. The summed E-state index contributed by atoms with van der Waals surface area (Å²) in [5.74, 6) is 0.862. The fourth-order valence-corrected chi connectivity index (χ4v) is 2.18. The van der Waals surface area contributed by atoms with Gasteiger partial charge in [-0.05, 0) is 37.3 Å². The van der Waals surface area contributed by atoms with Crippen molar-refractivity contribution >= 4 is 6.21 Å². The van der Waals surface area contributed by atoms with Gasteiger partial charge in [-0.1, -0.05) is 16.8 Å². The highest BCUT2D eigenvalue weighted by Gasteiger charge is 2.10. The van der Waals surface area contributed by atoms with Crippen LogP contribution in [0.3, 0.4) is 0 Å². The Bertz CT molecular complexity index is 735. The molecule has 134 valence electrons. The van der Waals surface area contributed by atoms with E-state index < -0.39 is 6.61 Å². The molecule has 0 atom stereocenters. The Morgan fingerprint density at radius 1 is 1.00 bits per heavy atom. The molecule has 0 saturated carbocycles. The minimum absolute atomic E-state index is 0.0416. The largest absolute Gasteiger partial charge is 0.496 e. The Balaban J connectivity index is 2.01. The molecule has 2 aromatic rings. The molecule has 0 heterocycles. The number of hydrogen-bond donors (Lipinski definition) is 0. The summed E-state index contributed by atoms with van der Waals surface area (Å²) in [6.07, 6.45) is 1.46. The van der Waals surface area contributed by atoms with E-state index in [1.165, 1.54) is 25.5 Å². The summed E-state index contributed by atoms with van der Waals surface area (Å²) in [6.45, 7) is -0.701. The summed E-state index contributed by atoms with van der Waals surface area (Å²) in [5.41, 5.74) is 2.58. The van der Waals surface area contributed by atoms with E-state index in [4.69, 9.17) is 14.3 Å². The fraction of sp³-hybridized carbons (Fsp3) is 0.278. The van der Waals surface area contributed by atoms with Gasteiger partial charge < -0.3 is 19.0 Å². The van der Waals surface area contributed by atoms with Crippen LogP contribution >= 0.6 is 0 Å². The molecular formula is C18H19F2NO4. The van der Waals surface area contributed by atoms with Gasteiger partial charge in [-0.2, -0.15) is 8.78 Å². The van der Waals surface area contributed by atoms with Gasteiger partial charge in [0.25, 0.3) is 0 Å². The van der Waals surface area contributed by atoms with Gasteiger partial charge in [0.15, 0.2) is 11.5 Å². The Kier molecular flexibility index (Phi) is 6.56. The minimum atomic E-state index is -2.92. The number of hydrogen-bond acceptors (Lipinski definition) is 5. The highest BCUT2D eigenvalue weighted by atomic mass is 19.3. The zero-order chi connectivity index (χ0) is 18.2. The van der Waals surface area contributed by atoms with Crippen molar-refractivity contribution in [2.45, 2.75) is 20.1 Å². The van der Waals surface area contributed by atoms with Crippen LogP contribution in [-0.2, 0) is 11.4 Å². The van der Waals surface area contributed by atoms with Crippen molar-refractivity contribution < 1.29 is 27.8 Å². The predicted molar refractivity (Wildman–Crippen MR) is 89.7 cm³/mol. The molecule has 0 aliphatic carbocycles. The van der Waals surface area contributed by atoms with E-state index >= 15 is 0 Å². The predicted octanol–water partition coefficient (Wildman–Crippen LogP) is 4.16. The topological polar surface area (TPSA) is 49.3 Å². The lowest BCUT2D eigenvalue weighted by Gasteiger charge is -2.10. The van der Waals surface area contributed by atoms with E-state index in [-0.39, 0.29) is 18.1 Å². The SMILES string of the molecule is COc1ccc(C)cc1CO/N=C/c1ccc(OC(F)F)c(OC)c1. The van der Waals surface area contributed by atoms with Crippen molar-refractivity contribution in [3.63, 3.8) is 0 Å². The van der Waals surface area contributed by atoms with Crippen molar-refractivity contribution in [3.05, 3.63) is 53.1 Å². The number of nitrogens with zero attached hydrogens (tertiary/aromatic N) is 1. The first kappa shape index (κ1) is 18.5. The molecule has 25 heavy (non-hydrogen) atoms. The van der Waals surface area contributed by atoms with E-state index in [1.54, 1.807) is 13.2 Å². The molecular weight excluding hydrogens is 332 g/mol.